The summed E-state index contributed by atoms with van der Waals surface area (Å²) in [6, 6.07) is 5.44. The van der Waals surface area contributed by atoms with Crippen LogP contribution in [0.5, 0.6) is 11.5 Å². The van der Waals surface area contributed by atoms with Crippen molar-refractivity contribution in [2.24, 2.45) is 11.1 Å². The van der Waals surface area contributed by atoms with Gasteiger partial charge in [-0.05, 0) is 17.7 Å². The third-order valence-electron chi connectivity index (χ3n) is 2.81. The number of aliphatic hydroxyl groups excluding tert-OH is 1. The zero-order valence-corrected chi connectivity index (χ0v) is 10.3. The first kappa shape index (κ1) is 12.2. The van der Waals surface area contributed by atoms with E-state index in [1.54, 1.807) is 6.07 Å². The number of rotatable bonds is 2. The van der Waals surface area contributed by atoms with Gasteiger partial charge in [-0.3, -0.25) is 0 Å². The smallest absolute Gasteiger partial charge is 0.161 e. The van der Waals surface area contributed by atoms with Crippen LogP contribution in [0.1, 0.15) is 25.5 Å². The van der Waals surface area contributed by atoms with E-state index in [0.717, 1.165) is 11.3 Å². The number of aliphatic hydroxyl groups is 1. The second-order valence-electron chi connectivity index (χ2n) is 5.20. The van der Waals surface area contributed by atoms with Crippen LogP contribution in [0.4, 0.5) is 0 Å². The number of hydrogen-bond donors (Lipinski definition) is 2. The summed E-state index contributed by atoms with van der Waals surface area (Å²) in [5, 5.41) is 9.68. The molecule has 1 aromatic carbocycles. The highest BCUT2D eigenvalue weighted by Gasteiger charge is 2.25. The van der Waals surface area contributed by atoms with Gasteiger partial charge in [0.25, 0.3) is 0 Å². The minimum absolute atomic E-state index is 0.00827. The molecule has 4 heteroatoms. The van der Waals surface area contributed by atoms with Crippen molar-refractivity contribution < 1.29 is 14.6 Å². The Morgan fingerprint density at radius 3 is 2.59 bits per heavy atom. The lowest BCUT2D eigenvalue weighted by molar-refractivity contribution is 0.140. The highest BCUT2D eigenvalue weighted by atomic mass is 16.5. The van der Waals surface area contributed by atoms with Crippen molar-refractivity contribution >= 4 is 0 Å². The van der Waals surface area contributed by atoms with E-state index < -0.39 is 6.10 Å². The molecule has 1 unspecified atom stereocenters. The quantitative estimate of drug-likeness (QED) is 0.817. The first-order chi connectivity index (χ1) is 8.02. The first-order valence-electron chi connectivity index (χ1n) is 5.79. The molecule has 0 amide bonds. The van der Waals surface area contributed by atoms with Crippen LogP contribution >= 0.6 is 0 Å². The fraction of sp³-hybridized carbons (Fsp3) is 0.538. The van der Waals surface area contributed by atoms with Gasteiger partial charge in [-0.15, -0.1) is 0 Å². The van der Waals surface area contributed by atoms with Crippen LogP contribution in [0, 0.1) is 5.41 Å². The van der Waals surface area contributed by atoms with Crippen LogP contribution in [0.25, 0.3) is 0 Å². The molecule has 94 valence electrons. The van der Waals surface area contributed by atoms with Gasteiger partial charge in [-0.1, -0.05) is 19.9 Å². The average Bonchev–Trinajstić information content (AvgIpc) is 2.47. The second-order valence-corrected chi connectivity index (χ2v) is 5.20. The Labute approximate surface area is 101 Å². The van der Waals surface area contributed by atoms with E-state index in [1.807, 2.05) is 12.1 Å². The van der Waals surface area contributed by atoms with Crippen LogP contribution in [0.2, 0.25) is 0 Å². The van der Waals surface area contributed by atoms with Gasteiger partial charge in [0.15, 0.2) is 11.5 Å². The van der Waals surface area contributed by atoms with Crippen LogP contribution in [0.15, 0.2) is 18.2 Å². The lowest BCUT2D eigenvalue weighted by atomic mass is 9.97. The van der Waals surface area contributed by atoms with Gasteiger partial charge in [0, 0.05) is 12.0 Å². The van der Waals surface area contributed by atoms with Crippen molar-refractivity contribution in [1.29, 1.82) is 0 Å². The third-order valence-corrected chi connectivity index (χ3v) is 2.81. The Bertz CT molecular complexity index is 404. The molecule has 1 aliphatic heterocycles. The number of nitrogens with two attached hydrogens (primary N) is 1. The maximum Gasteiger partial charge on any atom is 0.161 e. The molecular weight excluding hydrogens is 218 g/mol. The van der Waals surface area contributed by atoms with Gasteiger partial charge in [0.1, 0.15) is 0 Å². The third kappa shape index (κ3) is 2.70. The molecule has 0 fully saturated rings. The van der Waals surface area contributed by atoms with E-state index in [2.05, 4.69) is 13.8 Å². The average molecular weight is 237 g/mol. The summed E-state index contributed by atoms with van der Waals surface area (Å²) in [7, 11) is 0. The van der Waals surface area contributed by atoms with Gasteiger partial charge in [-0.25, -0.2) is 0 Å². The van der Waals surface area contributed by atoms with Crippen molar-refractivity contribution in [1.82, 2.24) is 0 Å². The molecule has 1 aromatic rings. The van der Waals surface area contributed by atoms with Gasteiger partial charge in [0.2, 0.25) is 0 Å². The van der Waals surface area contributed by atoms with Crippen LogP contribution < -0.4 is 15.2 Å². The summed E-state index contributed by atoms with van der Waals surface area (Å²) < 4.78 is 11.4. The Morgan fingerprint density at radius 1 is 1.29 bits per heavy atom. The van der Waals surface area contributed by atoms with E-state index in [4.69, 9.17) is 15.2 Å². The molecule has 0 radical (unpaired) electrons. The molecule has 17 heavy (non-hydrogen) atoms. The molecule has 0 saturated heterocycles. The van der Waals surface area contributed by atoms with Gasteiger partial charge in [-0.2, -0.15) is 0 Å². The zero-order valence-electron chi connectivity index (χ0n) is 10.3. The van der Waals surface area contributed by atoms with Crippen molar-refractivity contribution in [3.8, 4) is 11.5 Å². The van der Waals surface area contributed by atoms with Crippen molar-refractivity contribution in [3.63, 3.8) is 0 Å². The molecule has 4 nitrogen and oxygen atoms in total. The first-order valence-corrected chi connectivity index (χ1v) is 5.79. The van der Waals surface area contributed by atoms with E-state index >= 15 is 0 Å². The minimum atomic E-state index is -0.653. The van der Waals surface area contributed by atoms with E-state index in [0.29, 0.717) is 19.0 Å². The number of ether oxygens (including phenoxy) is 2. The number of hydrogen-bond acceptors (Lipinski definition) is 4. The van der Waals surface area contributed by atoms with Crippen molar-refractivity contribution in [3.05, 3.63) is 23.8 Å². The standard InChI is InChI=1S/C13H19NO3/c1-13(2)7-16-11-4-3-9(10(15)6-14)5-12(11)17-8-13/h3-5,10,15H,6-8,14H2,1-2H3. The summed E-state index contributed by atoms with van der Waals surface area (Å²) in [5.74, 6) is 1.41. The molecular formula is C13H19NO3. The normalized spacial score (nSPS) is 19.5. The molecule has 0 bridgehead atoms. The molecule has 0 saturated carbocycles. The summed E-state index contributed by atoms with van der Waals surface area (Å²) in [5.41, 5.74) is 6.18. The Balaban J connectivity index is 2.26. The van der Waals surface area contributed by atoms with Crippen molar-refractivity contribution in [2.75, 3.05) is 19.8 Å². The molecule has 1 atom stereocenters. The molecule has 0 spiro atoms. The maximum atomic E-state index is 9.68. The largest absolute Gasteiger partial charge is 0.489 e. The predicted molar refractivity (Wildman–Crippen MR) is 65.2 cm³/mol. The summed E-state index contributed by atoms with van der Waals surface area (Å²) in [4.78, 5) is 0. The van der Waals surface area contributed by atoms with Crippen LogP contribution in [-0.4, -0.2) is 24.9 Å². The number of benzene rings is 1. The summed E-state index contributed by atoms with van der Waals surface area (Å²) in [6.45, 7) is 5.61. The molecule has 2 rings (SSSR count). The molecule has 0 aliphatic carbocycles. The van der Waals surface area contributed by atoms with E-state index in [1.165, 1.54) is 0 Å². The van der Waals surface area contributed by atoms with Gasteiger partial charge in [0.05, 0.1) is 19.3 Å². The SMILES string of the molecule is CC1(C)COc2ccc(C(O)CN)cc2OC1. The Kier molecular flexibility index (Phi) is 3.26. The lowest BCUT2D eigenvalue weighted by Crippen LogP contribution is -2.26. The monoisotopic (exact) mass is 237 g/mol. The Hall–Kier alpha value is -1.26. The molecule has 1 aliphatic rings. The van der Waals surface area contributed by atoms with Crippen molar-refractivity contribution in [2.45, 2.75) is 20.0 Å². The van der Waals surface area contributed by atoms with Gasteiger partial charge < -0.3 is 20.3 Å². The fourth-order valence-corrected chi connectivity index (χ4v) is 1.69. The van der Waals surface area contributed by atoms with Gasteiger partial charge >= 0.3 is 0 Å². The van der Waals surface area contributed by atoms with E-state index in [9.17, 15) is 5.11 Å². The topological polar surface area (TPSA) is 64.7 Å². The van der Waals surface area contributed by atoms with Crippen LogP contribution in [0.3, 0.4) is 0 Å². The second kappa shape index (κ2) is 4.55. The molecule has 0 aromatic heterocycles. The minimum Gasteiger partial charge on any atom is -0.489 e. The fourth-order valence-electron chi connectivity index (χ4n) is 1.69. The summed E-state index contributed by atoms with van der Waals surface area (Å²) >= 11 is 0. The maximum absolute atomic E-state index is 9.68. The number of fused-ring (bicyclic) bond motifs is 1. The highest BCUT2D eigenvalue weighted by molar-refractivity contribution is 5.44. The Morgan fingerprint density at radius 2 is 1.94 bits per heavy atom. The van der Waals surface area contributed by atoms with Crippen LogP contribution in [-0.2, 0) is 0 Å². The zero-order chi connectivity index (χ0) is 12.5. The molecule has 3 N–H and O–H groups in total. The summed E-state index contributed by atoms with van der Waals surface area (Å²) in [6.07, 6.45) is -0.653. The predicted octanol–water partition coefficient (Wildman–Crippen LogP) is 1.48. The molecule has 1 heterocycles. The van der Waals surface area contributed by atoms with E-state index in [-0.39, 0.29) is 12.0 Å². The lowest BCUT2D eigenvalue weighted by Gasteiger charge is -2.19. The highest BCUT2D eigenvalue weighted by Crippen LogP contribution is 2.35.